The van der Waals surface area contributed by atoms with Gasteiger partial charge in [0.25, 0.3) is 0 Å². The van der Waals surface area contributed by atoms with Gasteiger partial charge in [0.05, 0.1) is 0 Å². The molecule has 0 aliphatic heterocycles. The standard InChI is InChI=1S/C15H14/c1-11-6-5-8-13-10-12-7-3-2-4-9-14(12)15(11)13/h3-9H,2,10H2,1H3. The smallest absolute Gasteiger partial charge is 0.00135 e. The third kappa shape index (κ3) is 1.29. The highest BCUT2D eigenvalue weighted by Crippen LogP contribution is 2.37. The summed E-state index contributed by atoms with van der Waals surface area (Å²) in [6.07, 6.45) is 11.2. The van der Waals surface area contributed by atoms with E-state index >= 15 is 0 Å². The third-order valence-electron chi connectivity index (χ3n) is 3.23. The van der Waals surface area contributed by atoms with Gasteiger partial charge < -0.3 is 0 Å². The molecule has 1 aromatic carbocycles. The Morgan fingerprint density at radius 1 is 1.07 bits per heavy atom. The van der Waals surface area contributed by atoms with Crippen molar-refractivity contribution in [2.45, 2.75) is 19.8 Å². The lowest BCUT2D eigenvalue weighted by Crippen LogP contribution is -1.87. The highest BCUT2D eigenvalue weighted by molar-refractivity contribution is 5.86. The second-order valence-corrected chi connectivity index (χ2v) is 4.27. The van der Waals surface area contributed by atoms with Crippen LogP contribution in [-0.4, -0.2) is 0 Å². The predicted octanol–water partition coefficient (Wildman–Crippen LogP) is 3.82. The number of hydrogen-bond acceptors (Lipinski definition) is 0. The van der Waals surface area contributed by atoms with Gasteiger partial charge in [-0.1, -0.05) is 42.5 Å². The van der Waals surface area contributed by atoms with Crippen LogP contribution in [0.15, 0.2) is 48.1 Å². The maximum absolute atomic E-state index is 2.29. The third-order valence-corrected chi connectivity index (χ3v) is 3.23. The highest BCUT2D eigenvalue weighted by Gasteiger charge is 2.19. The lowest BCUT2D eigenvalue weighted by molar-refractivity contribution is 1.23. The predicted molar refractivity (Wildman–Crippen MR) is 64.7 cm³/mol. The average Bonchev–Trinajstić information content (AvgIpc) is 2.43. The quantitative estimate of drug-likeness (QED) is 0.589. The van der Waals surface area contributed by atoms with Crippen molar-refractivity contribution in [2.75, 3.05) is 0 Å². The minimum absolute atomic E-state index is 1.06. The number of benzene rings is 1. The fraction of sp³-hybridized carbons (Fsp3) is 0.200. The van der Waals surface area contributed by atoms with Crippen LogP contribution in [0.3, 0.4) is 0 Å². The van der Waals surface area contributed by atoms with Gasteiger partial charge in [-0.25, -0.2) is 0 Å². The van der Waals surface area contributed by atoms with Gasteiger partial charge >= 0.3 is 0 Å². The molecule has 0 unspecified atom stereocenters. The molecule has 0 nitrogen and oxygen atoms in total. The SMILES string of the molecule is Cc1cccc2c1C1=C(C=CCC=C1)C2. The Labute approximate surface area is 90.6 Å². The molecule has 2 aliphatic carbocycles. The van der Waals surface area contributed by atoms with E-state index < -0.39 is 0 Å². The summed E-state index contributed by atoms with van der Waals surface area (Å²) in [5.74, 6) is 0. The van der Waals surface area contributed by atoms with E-state index in [9.17, 15) is 0 Å². The Hall–Kier alpha value is -1.56. The van der Waals surface area contributed by atoms with Gasteiger partial charge in [0.2, 0.25) is 0 Å². The minimum Gasteiger partial charge on any atom is -0.0804 e. The minimum atomic E-state index is 1.06. The maximum atomic E-state index is 2.29. The summed E-state index contributed by atoms with van der Waals surface area (Å²) in [5, 5.41) is 0. The van der Waals surface area contributed by atoms with E-state index in [2.05, 4.69) is 49.4 Å². The first-order chi connectivity index (χ1) is 7.36. The average molecular weight is 194 g/mol. The van der Waals surface area contributed by atoms with E-state index in [4.69, 9.17) is 0 Å². The first-order valence-electron chi connectivity index (χ1n) is 5.51. The number of rotatable bonds is 0. The second kappa shape index (κ2) is 3.23. The van der Waals surface area contributed by atoms with Crippen LogP contribution in [-0.2, 0) is 6.42 Å². The Bertz CT molecular complexity index is 499. The zero-order valence-electron chi connectivity index (χ0n) is 8.96. The lowest BCUT2D eigenvalue weighted by atomic mass is 9.99. The van der Waals surface area contributed by atoms with Gasteiger partial charge in [0.15, 0.2) is 0 Å². The zero-order chi connectivity index (χ0) is 10.3. The summed E-state index contributed by atoms with van der Waals surface area (Å²) in [4.78, 5) is 0. The lowest BCUT2D eigenvalue weighted by Gasteiger charge is -2.05. The molecule has 0 fully saturated rings. The summed E-state index contributed by atoms with van der Waals surface area (Å²) in [6.45, 7) is 2.21. The highest BCUT2D eigenvalue weighted by atomic mass is 14.2. The van der Waals surface area contributed by atoms with E-state index in [1.54, 1.807) is 0 Å². The fourth-order valence-corrected chi connectivity index (χ4v) is 2.54. The van der Waals surface area contributed by atoms with E-state index in [1.165, 1.54) is 27.8 Å². The van der Waals surface area contributed by atoms with Crippen LogP contribution in [0.4, 0.5) is 0 Å². The molecule has 2 aliphatic rings. The molecule has 74 valence electrons. The summed E-state index contributed by atoms with van der Waals surface area (Å²) in [5.41, 5.74) is 7.27. The van der Waals surface area contributed by atoms with Gasteiger partial charge in [-0.05, 0) is 47.6 Å². The number of allylic oxidation sites excluding steroid dienone is 6. The largest absolute Gasteiger partial charge is 0.0804 e. The van der Waals surface area contributed by atoms with Crippen molar-refractivity contribution in [3.63, 3.8) is 0 Å². The molecule has 0 spiro atoms. The van der Waals surface area contributed by atoms with Crippen molar-refractivity contribution in [3.8, 4) is 0 Å². The van der Waals surface area contributed by atoms with Crippen LogP contribution in [0.25, 0.3) is 5.57 Å². The van der Waals surface area contributed by atoms with Gasteiger partial charge in [-0.15, -0.1) is 0 Å². The van der Waals surface area contributed by atoms with Crippen molar-refractivity contribution >= 4 is 5.57 Å². The molecule has 0 radical (unpaired) electrons. The molecule has 0 heteroatoms. The molecule has 0 saturated carbocycles. The molecule has 0 atom stereocenters. The zero-order valence-corrected chi connectivity index (χ0v) is 8.96. The molecule has 0 heterocycles. The van der Waals surface area contributed by atoms with Gasteiger partial charge in [0, 0.05) is 0 Å². The number of aryl methyl sites for hydroxylation is 1. The Kier molecular flexibility index (Phi) is 1.88. The molecule has 0 aromatic heterocycles. The molecular formula is C15H14. The molecule has 0 saturated heterocycles. The summed E-state index contributed by atoms with van der Waals surface area (Å²) in [6, 6.07) is 6.61. The summed E-state index contributed by atoms with van der Waals surface area (Å²) < 4.78 is 0. The van der Waals surface area contributed by atoms with Crippen LogP contribution >= 0.6 is 0 Å². The maximum Gasteiger partial charge on any atom is -0.00135 e. The Morgan fingerprint density at radius 3 is 2.87 bits per heavy atom. The molecule has 0 amide bonds. The first-order valence-corrected chi connectivity index (χ1v) is 5.51. The van der Waals surface area contributed by atoms with Crippen LogP contribution in [0.2, 0.25) is 0 Å². The van der Waals surface area contributed by atoms with Crippen molar-refractivity contribution in [3.05, 3.63) is 64.8 Å². The van der Waals surface area contributed by atoms with Crippen molar-refractivity contribution < 1.29 is 0 Å². The van der Waals surface area contributed by atoms with E-state index in [-0.39, 0.29) is 0 Å². The van der Waals surface area contributed by atoms with Crippen molar-refractivity contribution in [1.82, 2.24) is 0 Å². The molecule has 1 aromatic rings. The molecule has 15 heavy (non-hydrogen) atoms. The fourth-order valence-electron chi connectivity index (χ4n) is 2.54. The topological polar surface area (TPSA) is 0 Å². The number of fused-ring (bicyclic) bond motifs is 2. The second-order valence-electron chi connectivity index (χ2n) is 4.27. The van der Waals surface area contributed by atoms with E-state index in [1.807, 2.05) is 0 Å². The molecule has 3 rings (SSSR count). The van der Waals surface area contributed by atoms with Crippen LogP contribution in [0.1, 0.15) is 23.1 Å². The summed E-state index contributed by atoms with van der Waals surface area (Å²) in [7, 11) is 0. The van der Waals surface area contributed by atoms with Crippen LogP contribution in [0, 0.1) is 6.92 Å². The number of hydrogen-bond donors (Lipinski definition) is 0. The van der Waals surface area contributed by atoms with Crippen LogP contribution in [0.5, 0.6) is 0 Å². The summed E-state index contributed by atoms with van der Waals surface area (Å²) >= 11 is 0. The molecular weight excluding hydrogens is 180 g/mol. The van der Waals surface area contributed by atoms with Gasteiger partial charge in [-0.2, -0.15) is 0 Å². The van der Waals surface area contributed by atoms with E-state index in [0.717, 1.165) is 12.8 Å². The normalized spacial score (nSPS) is 17.7. The van der Waals surface area contributed by atoms with Crippen LogP contribution < -0.4 is 0 Å². The first kappa shape index (κ1) is 8.72. The molecule has 0 bridgehead atoms. The Morgan fingerprint density at radius 2 is 1.93 bits per heavy atom. The van der Waals surface area contributed by atoms with Gasteiger partial charge in [-0.3, -0.25) is 0 Å². The van der Waals surface area contributed by atoms with Crippen molar-refractivity contribution in [2.24, 2.45) is 0 Å². The monoisotopic (exact) mass is 194 g/mol. The van der Waals surface area contributed by atoms with E-state index in [0.29, 0.717) is 0 Å². The van der Waals surface area contributed by atoms with Crippen molar-refractivity contribution in [1.29, 1.82) is 0 Å². The Balaban J connectivity index is 2.24. The molecule has 0 N–H and O–H groups in total. The van der Waals surface area contributed by atoms with Gasteiger partial charge in [0.1, 0.15) is 0 Å².